The summed E-state index contributed by atoms with van der Waals surface area (Å²) in [6.45, 7) is 0. The lowest BCUT2D eigenvalue weighted by Gasteiger charge is -2.03. The summed E-state index contributed by atoms with van der Waals surface area (Å²) in [5.74, 6) is 0.228. The summed E-state index contributed by atoms with van der Waals surface area (Å²) in [5.41, 5.74) is -0.981. The Kier molecular flexibility index (Phi) is 2.72. The molecule has 0 bridgehead atoms. The Morgan fingerprint density at radius 3 is 2.68 bits per heavy atom. The zero-order valence-corrected chi connectivity index (χ0v) is 10.6. The van der Waals surface area contributed by atoms with Gasteiger partial charge >= 0.3 is 6.18 Å². The lowest BCUT2D eigenvalue weighted by molar-refractivity contribution is -0.141. The summed E-state index contributed by atoms with van der Waals surface area (Å²) < 4.78 is 38.6. The third-order valence-electron chi connectivity index (χ3n) is 2.37. The van der Waals surface area contributed by atoms with E-state index in [2.05, 4.69) is 15.1 Å². The molecular weight excluding hydrogens is 301 g/mol. The van der Waals surface area contributed by atoms with Crippen LogP contribution in [0.25, 0.3) is 16.0 Å². The Hall–Kier alpha value is -1.67. The van der Waals surface area contributed by atoms with Gasteiger partial charge in [0.2, 0.25) is 5.28 Å². The fraction of sp³-hybridized carbons (Fsp3) is 0.100. The Morgan fingerprint density at radius 2 is 2.00 bits per heavy atom. The predicted octanol–water partition coefficient (Wildman–Crippen LogP) is 3.55. The molecule has 4 nitrogen and oxygen atoms in total. The third kappa shape index (κ3) is 2.17. The summed E-state index contributed by atoms with van der Waals surface area (Å²) in [7, 11) is 0. The lowest BCUT2D eigenvalue weighted by Crippen LogP contribution is -2.08. The van der Waals surface area contributed by atoms with Crippen LogP contribution in [-0.2, 0) is 6.18 Å². The lowest BCUT2D eigenvalue weighted by atomic mass is 10.4. The maximum atomic E-state index is 12.5. The number of alkyl halides is 3. The highest BCUT2D eigenvalue weighted by atomic mass is 35.5. The van der Waals surface area contributed by atoms with Crippen molar-refractivity contribution in [2.24, 2.45) is 0 Å². The zero-order valence-electron chi connectivity index (χ0n) is 9.02. The van der Waals surface area contributed by atoms with Gasteiger partial charge in [0.15, 0.2) is 11.5 Å². The Labute approximate surface area is 113 Å². The van der Waals surface area contributed by atoms with Crippen molar-refractivity contribution in [1.29, 1.82) is 0 Å². The number of aromatic nitrogens is 4. The molecule has 3 heterocycles. The third-order valence-corrected chi connectivity index (χ3v) is 3.35. The van der Waals surface area contributed by atoms with Gasteiger partial charge in [-0.3, -0.25) is 0 Å². The van der Waals surface area contributed by atoms with E-state index in [1.54, 1.807) is 11.4 Å². The normalized spacial score (nSPS) is 12.2. The molecule has 0 unspecified atom stereocenters. The number of hydrogen-bond acceptors (Lipinski definition) is 4. The molecule has 0 atom stereocenters. The first-order chi connectivity index (χ1) is 8.95. The van der Waals surface area contributed by atoms with Crippen LogP contribution in [0, 0.1) is 0 Å². The molecule has 19 heavy (non-hydrogen) atoms. The molecule has 3 aromatic rings. The van der Waals surface area contributed by atoms with Crippen LogP contribution < -0.4 is 0 Å². The highest BCUT2D eigenvalue weighted by Gasteiger charge is 2.33. The molecule has 0 aromatic carbocycles. The molecule has 0 aliphatic carbocycles. The maximum absolute atomic E-state index is 12.5. The minimum Gasteiger partial charge on any atom is -0.221 e. The van der Waals surface area contributed by atoms with Crippen molar-refractivity contribution < 1.29 is 13.2 Å². The van der Waals surface area contributed by atoms with Crippen molar-refractivity contribution in [3.63, 3.8) is 0 Å². The topological polar surface area (TPSA) is 43.6 Å². The van der Waals surface area contributed by atoms with Crippen LogP contribution in [-0.4, -0.2) is 19.7 Å². The van der Waals surface area contributed by atoms with E-state index in [-0.39, 0.29) is 11.1 Å². The van der Waals surface area contributed by atoms with Crippen molar-refractivity contribution in [2.75, 3.05) is 0 Å². The molecule has 0 spiro atoms. The monoisotopic (exact) mass is 304 g/mol. The SMILES string of the molecule is FC(F)(F)c1ccn(-c2nc(Cl)nc3sccc23)n1. The first-order valence-electron chi connectivity index (χ1n) is 4.99. The smallest absolute Gasteiger partial charge is 0.221 e. The molecule has 0 saturated carbocycles. The van der Waals surface area contributed by atoms with Gasteiger partial charge in [-0.05, 0) is 29.1 Å². The molecule has 9 heteroatoms. The van der Waals surface area contributed by atoms with Gasteiger partial charge < -0.3 is 0 Å². The van der Waals surface area contributed by atoms with Crippen LogP contribution in [0.15, 0.2) is 23.7 Å². The summed E-state index contributed by atoms with van der Waals surface area (Å²) in [4.78, 5) is 8.52. The van der Waals surface area contributed by atoms with E-state index < -0.39 is 11.9 Å². The van der Waals surface area contributed by atoms with Crippen molar-refractivity contribution in [1.82, 2.24) is 19.7 Å². The largest absolute Gasteiger partial charge is 0.435 e. The Morgan fingerprint density at radius 1 is 1.21 bits per heavy atom. The van der Waals surface area contributed by atoms with E-state index >= 15 is 0 Å². The van der Waals surface area contributed by atoms with E-state index in [1.165, 1.54) is 17.5 Å². The minimum atomic E-state index is -4.49. The molecule has 98 valence electrons. The molecule has 0 aliphatic rings. The van der Waals surface area contributed by atoms with Crippen LogP contribution in [0.3, 0.4) is 0 Å². The van der Waals surface area contributed by atoms with Crippen LogP contribution >= 0.6 is 22.9 Å². The van der Waals surface area contributed by atoms with Crippen molar-refractivity contribution in [3.8, 4) is 5.82 Å². The van der Waals surface area contributed by atoms with Crippen LogP contribution in [0.4, 0.5) is 13.2 Å². The van der Waals surface area contributed by atoms with E-state index in [4.69, 9.17) is 11.6 Å². The Balaban J connectivity index is 2.19. The molecule has 0 fully saturated rings. The molecule has 0 saturated heterocycles. The van der Waals surface area contributed by atoms with Crippen molar-refractivity contribution >= 4 is 33.2 Å². The van der Waals surface area contributed by atoms with Crippen LogP contribution in [0.5, 0.6) is 0 Å². The van der Waals surface area contributed by atoms with Crippen LogP contribution in [0.2, 0.25) is 5.28 Å². The number of thiophene rings is 1. The van der Waals surface area contributed by atoms with E-state index in [9.17, 15) is 13.2 Å². The number of halogens is 4. The zero-order chi connectivity index (χ0) is 13.6. The number of rotatable bonds is 1. The van der Waals surface area contributed by atoms with Gasteiger partial charge in [-0.15, -0.1) is 11.3 Å². The van der Waals surface area contributed by atoms with Gasteiger partial charge in [0.05, 0.1) is 5.39 Å². The Bertz CT molecular complexity index is 749. The molecule has 0 radical (unpaired) electrons. The van der Waals surface area contributed by atoms with E-state index in [0.29, 0.717) is 10.2 Å². The highest BCUT2D eigenvalue weighted by molar-refractivity contribution is 7.16. The second kappa shape index (κ2) is 4.17. The molecule has 3 rings (SSSR count). The maximum Gasteiger partial charge on any atom is 0.435 e. The number of nitrogens with zero attached hydrogens (tertiary/aromatic N) is 4. The second-order valence-electron chi connectivity index (χ2n) is 3.60. The minimum absolute atomic E-state index is 0.0333. The van der Waals surface area contributed by atoms with E-state index in [0.717, 1.165) is 10.7 Å². The predicted molar refractivity (Wildman–Crippen MR) is 64.5 cm³/mol. The van der Waals surface area contributed by atoms with Crippen LogP contribution in [0.1, 0.15) is 5.69 Å². The second-order valence-corrected chi connectivity index (χ2v) is 4.83. The molecule has 0 N–H and O–H groups in total. The van der Waals surface area contributed by atoms with E-state index in [1.807, 2.05) is 0 Å². The molecule has 0 amide bonds. The van der Waals surface area contributed by atoms with Gasteiger partial charge in [0.1, 0.15) is 4.83 Å². The van der Waals surface area contributed by atoms with Crippen molar-refractivity contribution in [3.05, 3.63) is 34.7 Å². The standard InChI is InChI=1S/C10H4ClF3N4S/c11-9-15-7(5-2-4-19-8(5)16-9)18-3-1-6(17-18)10(12,13)14/h1-4H. The average Bonchev–Trinajstić information content (AvgIpc) is 2.94. The molecule has 3 aromatic heterocycles. The van der Waals surface area contributed by atoms with Gasteiger partial charge in [0, 0.05) is 6.20 Å². The summed E-state index contributed by atoms with van der Waals surface area (Å²) >= 11 is 7.07. The fourth-order valence-corrected chi connectivity index (χ4v) is 2.56. The first kappa shape index (κ1) is 12.4. The van der Waals surface area contributed by atoms with Crippen molar-refractivity contribution in [2.45, 2.75) is 6.18 Å². The summed E-state index contributed by atoms with van der Waals surface area (Å²) in [6.07, 6.45) is -3.30. The summed E-state index contributed by atoms with van der Waals surface area (Å²) in [5, 5.41) is 5.80. The van der Waals surface area contributed by atoms with Gasteiger partial charge in [-0.1, -0.05) is 0 Å². The fourth-order valence-electron chi connectivity index (χ4n) is 1.58. The number of hydrogen-bond donors (Lipinski definition) is 0. The van der Waals surface area contributed by atoms with Gasteiger partial charge in [-0.25, -0.2) is 9.67 Å². The number of fused-ring (bicyclic) bond motifs is 1. The average molecular weight is 305 g/mol. The first-order valence-corrected chi connectivity index (χ1v) is 6.25. The quantitative estimate of drug-likeness (QED) is 0.646. The van der Waals surface area contributed by atoms with Gasteiger partial charge in [-0.2, -0.15) is 23.3 Å². The molecular formula is C10H4ClF3N4S. The molecule has 0 aliphatic heterocycles. The summed E-state index contributed by atoms with van der Waals surface area (Å²) in [6, 6.07) is 2.59. The van der Waals surface area contributed by atoms with Gasteiger partial charge in [0.25, 0.3) is 0 Å². The highest BCUT2D eigenvalue weighted by Crippen LogP contribution is 2.29.